The number of halogens is 1. The highest BCUT2D eigenvalue weighted by atomic mass is 35.5. The van der Waals surface area contributed by atoms with E-state index in [1.54, 1.807) is 11.8 Å². The molecule has 1 unspecified atom stereocenters. The van der Waals surface area contributed by atoms with Gasteiger partial charge in [-0.2, -0.15) is 0 Å². The van der Waals surface area contributed by atoms with Gasteiger partial charge in [0.05, 0.1) is 12.7 Å². The van der Waals surface area contributed by atoms with Crippen LogP contribution >= 0.6 is 23.4 Å². The minimum absolute atomic E-state index is 0.0865. The van der Waals surface area contributed by atoms with Crippen molar-refractivity contribution in [3.05, 3.63) is 58.6 Å². The summed E-state index contributed by atoms with van der Waals surface area (Å²) in [4.78, 5) is 4.64. The summed E-state index contributed by atoms with van der Waals surface area (Å²) >= 11 is 7.98. The molecule has 0 fully saturated rings. The predicted molar refractivity (Wildman–Crippen MR) is 93.0 cm³/mol. The Morgan fingerprint density at radius 2 is 2.00 bits per heavy atom. The highest BCUT2D eigenvalue weighted by molar-refractivity contribution is 7.99. The van der Waals surface area contributed by atoms with Crippen LogP contribution in [0.4, 0.5) is 0 Å². The molecule has 0 N–H and O–H groups in total. The smallest absolute Gasteiger partial charge is 0.0877 e. The highest BCUT2D eigenvalue weighted by Gasteiger charge is 2.23. The van der Waals surface area contributed by atoms with Crippen molar-refractivity contribution in [2.75, 3.05) is 27.2 Å². The maximum Gasteiger partial charge on any atom is 0.0877 e. The summed E-state index contributed by atoms with van der Waals surface area (Å²) in [5.41, 5.74) is 2.58. The van der Waals surface area contributed by atoms with Gasteiger partial charge in [0.2, 0.25) is 0 Å². The van der Waals surface area contributed by atoms with E-state index in [1.807, 2.05) is 12.1 Å². The van der Waals surface area contributed by atoms with Gasteiger partial charge in [0, 0.05) is 27.8 Å². The van der Waals surface area contributed by atoms with Crippen molar-refractivity contribution in [3.63, 3.8) is 0 Å². The maximum atomic E-state index is 6.20. The average Bonchev–Trinajstić information content (AvgIpc) is 2.62. The molecular formula is C18H20ClNOS. The molecule has 3 rings (SSSR count). The lowest BCUT2D eigenvalue weighted by molar-refractivity contribution is 0.0420. The second-order valence-corrected chi connectivity index (χ2v) is 7.28. The number of hydrogen-bond acceptors (Lipinski definition) is 3. The van der Waals surface area contributed by atoms with Gasteiger partial charge in [-0.05, 0) is 43.4 Å². The summed E-state index contributed by atoms with van der Waals surface area (Å²) in [5.74, 6) is 0. The molecule has 1 aliphatic heterocycles. The van der Waals surface area contributed by atoms with Crippen molar-refractivity contribution in [1.29, 1.82) is 0 Å². The van der Waals surface area contributed by atoms with Crippen molar-refractivity contribution in [3.8, 4) is 0 Å². The number of rotatable bonds is 4. The normalized spacial score (nSPS) is 17.0. The third kappa shape index (κ3) is 3.66. The molecule has 0 aliphatic carbocycles. The molecule has 1 heterocycles. The van der Waals surface area contributed by atoms with Crippen molar-refractivity contribution < 1.29 is 4.74 Å². The molecule has 0 spiro atoms. The van der Waals surface area contributed by atoms with E-state index in [4.69, 9.17) is 16.3 Å². The van der Waals surface area contributed by atoms with Crippen molar-refractivity contribution in [2.45, 2.75) is 22.3 Å². The van der Waals surface area contributed by atoms with Crippen LogP contribution in [0.2, 0.25) is 5.02 Å². The topological polar surface area (TPSA) is 12.5 Å². The van der Waals surface area contributed by atoms with Crippen LogP contribution in [0.1, 0.15) is 17.2 Å². The minimum Gasteiger partial charge on any atom is -0.372 e. The third-order valence-corrected chi connectivity index (χ3v) is 5.20. The van der Waals surface area contributed by atoms with Crippen molar-refractivity contribution in [2.24, 2.45) is 0 Å². The molecule has 1 atom stereocenters. The van der Waals surface area contributed by atoms with E-state index in [9.17, 15) is 0 Å². The molecular weight excluding hydrogens is 314 g/mol. The van der Waals surface area contributed by atoms with Crippen LogP contribution in [-0.4, -0.2) is 32.1 Å². The van der Waals surface area contributed by atoms with Crippen molar-refractivity contribution in [1.82, 2.24) is 4.90 Å². The molecule has 0 aromatic heterocycles. The number of nitrogens with zero attached hydrogens (tertiary/aromatic N) is 1. The summed E-state index contributed by atoms with van der Waals surface area (Å²) in [6, 6.07) is 14.7. The first-order chi connectivity index (χ1) is 10.6. The molecule has 2 aromatic carbocycles. The molecule has 1 aliphatic rings. The Labute approximate surface area is 141 Å². The lowest BCUT2D eigenvalue weighted by Crippen LogP contribution is -2.20. The number of fused-ring (bicyclic) bond motifs is 2. The lowest BCUT2D eigenvalue weighted by Gasteiger charge is -2.20. The van der Waals surface area contributed by atoms with E-state index < -0.39 is 0 Å². The molecule has 0 radical (unpaired) electrons. The van der Waals surface area contributed by atoms with Crippen LogP contribution in [-0.2, 0) is 11.2 Å². The predicted octanol–water partition coefficient (Wildman–Crippen LogP) is 4.67. The minimum atomic E-state index is 0.0865. The molecule has 0 bridgehead atoms. The van der Waals surface area contributed by atoms with E-state index in [2.05, 4.69) is 49.3 Å². The van der Waals surface area contributed by atoms with Gasteiger partial charge in [-0.1, -0.05) is 47.6 Å². The first-order valence-electron chi connectivity index (χ1n) is 7.45. The van der Waals surface area contributed by atoms with Gasteiger partial charge in [-0.25, -0.2) is 0 Å². The van der Waals surface area contributed by atoms with Gasteiger partial charge in [0.15, 0.2) is 0 Å². The summed E-state index contributed by atoms with van der Waals surface area (Å²) in [7, 11) is 4.13. The Morgan fingerprint density at radius 1 is 1.18 bits per heavy atom. The van der Waals surface area contributed by atoms with Crippen LogP contribution in [0.15, 0.2) is 52.3 Å². The molecule has 0 saturated carbocycles. The molecule has 0 amide bonds. The monoisotopic (exact) mass is 333 g/mol. The summed E-state index contributed by atoms with van der Waals surface area (Å²) < 4.78 is 6.20. The zero-order chi connectivity index (χ0) is 15.5. The van der Waals surface area contributed by atoms with E-state index in [0.717, 1.165) is 24.6 Å². The zero-order valence-corrected chi connectivity index (χ0v) is 14.5. The maximum absolute atomic E-state index is 6.20. The Kier molecular flexibility index (Phi) is 5.09. The van der Waals surface area contributed by atoms with Gasteiger partial charge in [-0.3, -0.25) is 0 Å². The number of benzene rings is 2. The van der Waals surface area contributed by atoms with Crippen LogP contribution < -0.4 is 0 Å². The molecule has 2 aromatic rings. The van der Waals surface area contributed by atoms with Gasteiger partial charge in [0.1, 0.15) is 0 Å². The standard InChI is InChI=1S/C18H20ClNOS/c1-20(2)9-10-21-16-11-13-5-3-4-6-17(13)22-18-12-14(19)7-8-15(16)18/h3-8,12,16H,9-11H2,1-2H3. The van der Waals surface area contributed by atoms with E-state index in [0.29, 0.717) is 0 Å². The van der Waals surface area contributed by atoms with Crippen LogP contribution in [0, 0.1) is 0 Å². The Bertz CT molecular complexity index is 659. The Balaban J connectivity index is 1.91. The Hall–Kier alpha value is -1.00. The third-order valence-electron chi connectivity index (χ3n) is 3.78. The second-order valence-electron chi connectivity index (χ2n) is 5.76. The van der Waals surface area contributed by atoms with Gasteiger partial charge < -0.3 is 9.64 Å². The van der Waals surface area contributed by atoms with E-state index >= 15 is 0 Å². The molecule has 22 heavy (non-hydrogen) atoms. The fourth-order valence-electron chi connectivity index (χ4n) is 2.59. The summed E-state index contributed by atoms with van der Waals surface area (Å²) in [6.45, 7) is 1.65. The quantitative estimate of drug-likeness (QED) is 0.807. The molecule has 4 heteroatoms. The van der Waals surface area contributed by atoms with Gasteiger partial charge >= 0.3 is 0 Å². The fourth-order valence-corrected chi connectivity index (χ4v) is 4.00. The molecule has 116 valence electrons. The summed E-state index contributed by atoms with van der Waals surface area (Å²) in [5, 5.41) is 0.776. The van der Waals surface area contributed by atoms with Gasteiger partial charge in [-0.15, -0.1) is 0 Å². The van der Waals surface area contributed by atoms with E-state index in [-0.39, 0.29) is 6.10 Å². The second kappa shape index (κ2) is 7.05. The van der Waals surface area contributed by atoms with Crippen LogP contribution in [0.25, 0.3) is 0 Å². The lowest BCUT2D eigenvalue weighted by atomic mass is 10.0. The summed E-state index contributed by atoms with van der Waals surface area (Å²) in [6.07, 6.45) is 0.994. The molecule has 2 nitrogen and oxygen atoms in total. The number of likely N-dealkylation sites (N-methyl/N-ethyl adjacent to an activating group) is 1. The van der Waals surface area contributed by atoms with E-state index in [1.165, 1.54) is 20.9 Å². The molecule has 0 saturated heterocycles. The average molecular weight is 334 g/mol. The number of ether oxygens (including phenoxy) is 1. The van der Waals surface area contributed by atoms with Gasteiger partial charge in [0.25, 0.3) is 0 Å². The number of hydrogen-bond donors (Lipinski definition) is 0. The Morgan fingerprint density at radius 3 is 2.82 bits per heavy atom. The zero-order valence-electron chi connectivity index (χ0n) is 12.9. The van der Waals surface area contributed by atoms with Crippen LogP contribution in [0.5, 0.6) is 0 Å². The fraction of sp³-hybridized carbons (Fsp3) is 0.333. The largest absolute Gasteiger partial charge is 0.372 e. The van der Waals surface area contributed by atoms with Crippen LogP contribution in [0.3, 0.4) is 0 Å². The van der Waals surface area contributed by atoms with Crippen molar-refractivity contribution >= 4 is 23.4 Å². The first kappa shape index (κ1) is 15.9. The first-order valence-corrected chi connectivity index (χ1v) is 8.64. The highest BCUT2D eigenvalue weighted by Crippen LogP contribution is 2.42. The SMILES string of the molecule is CN(C)CCOC1Cc2ccccc2Sc2cc(Cl)ccc21.